The van der Waals surface area contributed by atoms with Crippen molar-refractivity contribution in [3.8, 4) is 5.75 Å². The van der Waals surface area contributed by atoms with Crippen LogP contribution in [0.1, 0.15) is 26.7 Å². The van der Waals surface area contributed by atoms with Crippen molar-refractivity contribution >= 4 is 27.5 Å². The number of hydrogen-bond donors (Lipinski definition) is 2. The average Bonchev–Trinajstić information content (AvgIpc) is 2.48. The lowest BCUT2D eigenvalue weighted by Crippen LogP contribution is -2.39. The minimum atomic E-state index is -3.63. The van der Waals surface area contributed by atoms with E-state index >= 15 is 0 Å². The van der Waals surface area contributed by atoms with Crippen molar-refractivity contribution in [1.29, 1.82) is 0 Å². The number of methoxy groups -OCH3 is 1. The van der Waals surface area contributed by atoms with Gasteiger partial charge in [-0.05, 0) is 31.2 Å². The van der Waals surface area contributed by atoms with Gasteiger partial charge in [-0.15, -0.1) is 0 Å². The first-order chi connectivity index (χ1) is 9.84. The third-order valence-electron chi connectivity index (χ3n) is 3.78. The van der Waals surface area contributed by atoms with Crippen molar-refractivity contribution < 1.29 is 13.2 Å². The average molecular weight is 332 g/mol. The molecule has 0 bridgehead atoms. The molecule has 0 atom stereocenters. The summed E-state index contributed by atoms with van der Waals surface area (Å²) in [5, 5.41) is 0. The Morgan fingerprint density at radius 1 is 1.33 bits per heavy atom. The van der Waals surface area contributed by atoms with Crippen molar-refractivity contribution in [3.63, 3.8) is 0 Å². The molecule has 0 aliphatic rings. The molecule has 120 valence electrons. The number of sulfonamides is 1. The van der Waals surface area contributed by atoms with E-state index in [1.807, 2.05) is 6.26 Å². The van der Waals surface area contributed by atoms with Crippen LogP contribution in [0.3, 0.4) is 0 Å². The van der Waals surface area contributed by atoms with E-state index in [-0.39, 0.29) is 15.4 Å². The van der Waals surface area contributed by atoms with Crippen LogP contribution in [0.15, 0.2) is 23.1 Å². The molecule has 0 radical (unpaired) electrons. The summed E-state index contributed by atoms with van der Waals surface area (Å²) < 4.78 is 32.7. The number of benzene rings is 1. The Balaban J connectivity index is 3.02. The van der Waals surface area contributed by atoms with Crippen molar-refractivity contribution in [2.75, 3.05) is 25.6 Å². The van der Waals surface area contributed by atoms with Gasteiger partial charge in [-0.3, -0.25) is 0 Å². The predicted molar refractivity (Wildman–Crippen MR) is 89.4 cm³/mol. The molecule has 0 saturated heterocycles. The summed E-state index contributed by atoms with van der Waals surface area (Å²) in [4.78, 5) is 0.112. The van der Waals surface area contributed by atoms with Crippen LogP contribution in [0.4, 0.5) is 5.69 Å². The zero-order chi connectivity index (χ0) is 16.1. The molecule has 0 spiro atoms. The van der Waals surface area contributed by atoms with Crippen molar-refractivity contribution in [1.82, 2.24) is 4.72 Å². The summed E-state index contributed by atoms with van der Waals surface area (Å²) in [6.45, 7) is 4.52. The Bertz CT molecular complexity index is 561. The van der Waals surface area contributed by atoms with Crippen LogP contribution >= 0.6 is 11.8 Å². The molecule has 1 aromatic carbocycles. The number of nitrogen functional groups attached to an aromatic ring is 1. The third kappa shape index (κ3) is 4.28. The van der Waals surface area contributed by atoms with Crippen LogP contribution in [0.5, 0.6) is 5.75 Å². The number of anilines is 1. The van der Waals surface area contributed by atoms with Gasteiger partial charge in [0.25, 0.3) is 0 Å². The van der Waals surface area contributed by atoms with Crippen LogP contribution in [0.2, 0.25) is 0 Å². The zero-order valence-electron chi connectivity index (χ0n) is 13.0. The van der Waals surface area contributed by atoms with E-state index in [2.05, 4.69) is 18.6 Å². The molecule has 1 rings (SSSR count). The minimum absolute atomic E-state index is 0.0892. The summed E-state index contributed by atoms with van der Waals surface area (Å²) >= 11 is 1.69. The Labute approximate surface area is 131 Å². The number of hydrogen-bond acceptors (Lipinski definition) is 5. The Kier molecular flexibility index (Phi) is 6.37. The van der Waals surface area contributed by atoms with Gasteiger partial charge in [-0.25, -0.2) is 13.1 Å². The van der Waals surface area contributed by atoms with Crippen LogP contribution in [0.25, 0.3) is 0 Å². The van der Waals surface area contributed by atoms with Gasteiger partial charge < -0.3 is 10.5 Å². The molecule has 0 heterocycles. The fraction of sp³-hybridized carbons (Fsp3) is 0.571. The molecule has 0 aliphatic carbocycles. The van der Waals surface area contributed by atoms with Gasteiger partial charge in [0.1, 0.15) is 10.6 Å². The lowest BCUT2D eigenvalue weighted by molar-refractivity contribution is 0.402. The summed E-state index contributed by atoms with van der Waals surface area (Å²) in [5.74, 6) is 0.255. The molecular weight excluding hydrogens is 308 g/mol. The first-order valence-corrected chi connectivity index (χ1v) is 9.53. The fourth-order valence-electron chi connectivity index (χ4n) is 2.07. The zero-order valence-corrected chi connectivity index (χ0v) is 14.6. The van der Waals surface area contributed by atoms with E-state index < -0.39 is 10.0 Å². The standard InChI is InChI=1S/C14H24N2O3S2/c1-5-14(6-2,20-4)10-16-21(17,18)13-8-7-11(15)9-12(13)19-3/h7-9,16H,5-6,10,15H2,1-4H3. The summed E-state index contributed by atoms with van der Waals surface area (Å²) in [7, 11) is -2.20. The molecule has 0 unspecified atom stereocenters. The van der Waals surface area contributed by atoms with Crippen molar-refractivity contribution in [2.45, 2.75) is 36.3 Å². The normalized spacial score (nSPS) is 12.4. The number of thioether (sulfide) groups is 1. The van der Waals surface area contributed by atoms with E-state index in [0.717, 1.165) is 12.8 Å². The molecular formula is C14H24N2O3S2. The van der Waals surface area contributed by atoms with Gasteiger partial charge in [0.15, 0.2) is 0 Å². The Hall–Kier alpha value is -0.920. The molecule has 0 fully saturated rings. The quantitative estimate of drug-likeness (QED) is 0.715. The second-order valence-corrected chi connectivity index (χ2v) is 7.84. The second-order valence-electron chi connectivity index (χ2n) is 4.83. The molecule has 0 saturated carbocycles. The first-order valence-electron chi connectivity index (χ1n) is 6.82. The first kappa shape index (κ1) is 18.1. The molecule has 1 aromatic rings. The lowest BCUT2D eigenvalue weighted by atomic mass is 10.0. The lowest BCUT2D eigenvalue weighted by Gasteiger charge is -2.29. The molecule has 21 heavy (non-hydrogen) atoms. The maximum Gasteiger partial charge on any atom is 0.244 e. The molecule has 0 aliphatic heterocycles. The molecule has 7 heteroatoms. The number of rotatable bonds is 8. The van der Waals surface area contributed by atoms with E-state index in [0.29, 0.717) is 12.2 Å². The second kappa shape index (κ2) is 7.38. The number of nitrogens with two attached hydrogens (primary N) is 1. The van der Waals surface area contributed by atoms with Gasteiger partial charge >= 0.3 is 0 Å². The molecule has 0 amide bonds. The van der Waals surface area contributed by atoms with E-state index in [4.69, 9.17) is 10.5 Å². The third-order valence-corrected chi connectivity index (χ3v) is 6.81. The monoisotopic (exact) mass is 332 g/mol. The van der Waals surface area contributed by atoms with E-state index in [1.165, 1.54) is 19.2 Å². The van der Waals surface area contributed by atoms with E-state index in [9.17, 15) is 8.42 Å². The van der Waals surface area contributed by atoms with Gasteiger partial charge in [-0.1, -0.05) is 13.8 Å². The van der Waals surface area contributed by atoms with Crippen LogP contribution in [-0.2, 0) is 10.0 Å². The molecule has 0 aromatic heterocycles. The largest absolute Gasteiger partial charge is 0.495 e. The molecule has 5 nitrogen and oxygen atoms in total. The number of ether oxygens (including phenoxy) is 1. The maximum atomic E-state index is 12.5. The van der Waals surface area contributed by atoms with E-state index in [1.54, 1.807) is 17.8 Å². The van der Waals surface area contributed by atoms with Crippen molar-refractivity contribution in [3.05, 3.63) is 18.2 Å². The fourth-order valence-corrected chi connectivity index (χ4v) is 4.23. The van der Waals surface area contributed by atoms with Gasteiger partial charge in [0, 0.05) is 23.0 Å². The summed E-state index contributed by atoms with van der Waals surface area (Å²) in [6.07, 6.45) is 3.79. The van der Waals surface area contributed by atoms with Crippen molar-refractivity contribution in [2.24, 2.45) is 0 Å². The van der Waals surface area contributed by atoms with Gasteiger partial charge in [0.05, 0.1) is 7.11 Å². The summed E-state index contributed by atoms with van der Waals surface area (Å²) in [5.41, 5.74) is 6.12. The highest BCUT2D eigenvalue weighted by molar-refractivity contribution is 8.00. The Morgan fingerprint density at radius 3 is 2.43 bits per heavy atom. The smallest absolute Gasteiger partial charge is 0.244 e. The van der Waals surface area contributed by atoms with Crippen LogP contribution in [0, 0.1) is 0 Å². The topological polar surface area (TPSA) is 81.4 Å². The van der Waals surface area contributed by atoms with Crippen LogP contribution in [-0.4, -0.2) is 33.1 Å². The SMILES string of the molecule is CCC(CC)(CNS(=O)(=O)c1ccc(N)cc1OC)SC. The summed E-state index contributed by atoms with van der Waals surface area (Å²) in [6, 6.07) is 4.53. The minimum Gasteiger partial charge on any atom is -0.495 e. The highest BCUT2D eigenvalue weighted by Gasteiger charge is 2.28. The van der Waals surface area contributed by atoms with Crippen LogP contribution < -0.4 is 15.2 Å². The highest BCUT2D eigenvalue weighted by Crippen LogP contribution is 2.31. The number of nitrogens with one attached hydrogen (secondary N) is 1. The highest BCUT2D eigenvalue weighted by atomic mass is 32.2. The predicted octanol–water partition coefficient (Wildman–Crippen LogP) is 2.48. The van der Waals surface area contributed by atoms with Gasteiger partial charge in [0.2, 0.25) is 10.0 Å². The Morgan fingerprint density at radius 2 is 1.95 bits per heavy atom. The molecule has 3 N–H and O–H groups in total. The van der Waals surface area contributed by atoms with Gasteiger partial charge in [-0.2, -0.15) is 11.8 Å². The maximum absolute atomic E-state index is 12.5.